The highest BCUT2D eigenvalue weighted by Crippen LogP contribution is 2.12. The fraction of sp³-hybridized carbons (Fsp3) is 0.909. The van der Waals surface area contributed by atoms with Gasteiger partial charge in [-0.3, -0.25) is 4.79 Å². The first-order chi connectivity index (χ1) is 7.85. The van der Waals surface area contributed by atoms with Crippen molar-refractivity contribution >= 4 is 26.8 Å². The van der Waals surface area contributed by atoms with Crippen molar-refractivity contribution in [3.05, 3.63) is 0 Å². The molecule has 0 aromatic carbocycles. The molecule has 0 unspecified atom stereocenters. The first-order valence-corrected chi connectivity index (χ1v) is 9.23. The molecule has 0 bridgehead atoms. The van der Waals surface area contributed by atoms with Gasteiger partial charge >= 0.3 is 0 Å². The summed E-state index contributed by atoms with van der Waals surface area (Å²) in [6.45, 7) is 3.54. The van der Waals surface area contributed by atoms with Crippen molar-refractivity contribution < 1.29 is 17.8 Å². The van der Waals surface area contributed by atoms with Crippen molar-refractivity contribution in [2.24, 2.45) is 0 Å². The molecule has 0 N–H and O–H groups in total. The Morgan fingerprint density at radius 1 is 1.29 bits per heavy atom. The number of carbonyl (C=O) groups is 1. The highest BCUT2D eigenvalue weighted by molar-refractivity contribution is 7.97. The third-order valence-corrected chi connectivity index (χ3v) is 5.61. The minimum atomic E-state index is -3.94. The molecule has 0 radical (unpaired) electrons. The van der Waals surface area contributed by atoms with Crippen molar-refractivity contribution in [2.75, 3.05) is 23.0 Å². The van der Waals surface area contributed by atoms with Gasteiger partial charge in [0.1, 0.15) is 11.5 Å². The van der Waals surface area contributed by atoms with Crippen LogP contribution < -0.4 is 0 Å². The molecule has 0 aromatic rings. The molecule has 1 rings (SSSR count). The number of unbranched alkanes of at least 4 members (excludes halogenated alkanes) is 1. The summed E-state index contributed by atoms with van der Waals surface area (Å²) < 4.78 is 29.5. The summed E-state index contributed by atoms with van der Waals surface area (Å²) in [4.78, 5) is 10.6. The van der Waals surface area contributed by atoms with E-state index in [-0.39, 0.29) is 5.75 Å². The monoisotopic (exact) mass is 282 g/mol. The van der Waals surface area contributed by atoms with Crippen molar-refractivity contribution in [1.29, 1.82) is 0 Å². The fourth-order valence-corrected chi connectivity index (χ4v) is 4.40. The normalized spacial score (nSPS) is 16.4. The van der Waals surface area contributed by atoms with E-state index >= 15 is 0 Å². The van der Waals surface area contributed by atoms with Crippen LogP contribution in [0.4, 0.5) is 0 Å². The molecule has 0 saturated carbocycles. The first-order valence-electron chi connectivity index (χ1n) is 5.92. The maximum Gasteiger partial charge on any atom is 0.178 e. The second-order valence-electron chi connectivity index (χ2n) is 4.19. The molecule has 17 heavy (non-hydrogen) atoms. The van der Waals surface area contributed by atoms with Crippen LogP contribution in [0.15, 0.2) is 0 Å². The number of ketones is 1. The molecule has 4 nitrogen and oxygen atoms in total. The zero-order chi connectivity index (χ0) is 13.3. The van der Waals surface area contributed by atoms with Crippen LogP contribution >= 0.6 is 0 Å². The Morgan fingerprint density at radius 3 is 2.12 bits per heavy atom. The molecule has 1 saturated heterocycles. The maximum absolute atomic E-state index is 10.6. The van der Waals surface area contributed by atoms with Gasteiger partial charge in [0.05, 0.1) is 10.1 Å². The summed E-state index contributed by atoms with van der Waals surface area (Å²) in [5.74, 6) is 3.66. The van der Waals surface area contributed by atoms with E-state index in [9.17, 15) is 17.8 Å². The van der Waals surface area contributed by atoms with Crippen LogP contribution in [0.1, 0.15) is 39.5 Å². The van der Waals surface area contributed by atoms with E-state index in [0.717, 1.165) is 12.2 Å². The van der Waals surface area contributed by atoms with Gasteiger partial charge < -0.3 is 4.55 Å². The predicted molar refractivity (Wildman–Crippen MR) is 71.4 cm³/mol. The molecule has 102 valence electrons. The molecule has 1 fully saturated rings. The lowest BCUT2D eigenvalue weighted by Gasteiger charge is -2.02. The highest BCUT2D eigenvalue weighted by atomic mass is 32.2. The highest BCUT2D eigenvalue weighted by Gasteiger charge is 2.24. The summed E-state index contributed by atoms with van der Waals surface area (Å²) in [5, 5.41) is 0. The van der Waals surface area contributed by atoms with Crippen LogP contribution in [-0.4, -0.2) is 41.8 Å². The molecule has 6 heteroatoms. The van der Waals surface area contributed by atoms with Crippen molar-refractivity contribution in [2.45, 2.75) is 39.5 Å². The van der Waals surface area contributed by atoms with Gasteiger partial charge in [0.15, 0.2) is 11.5 Å². The summed E-state index contributed by atoms with van der Waals surface area (Å²) in [6, 6.07) is 0. The molecule has 0 aromatic heterocycles. The van der Waals surface area contributed by atoms with Crippen LogP contribution in [0.2, 0.25) is 0 Å². The minimum absolute atomic E-state index is 0.219. The Kier molecular flexibility index (Phi) is 8.90. The van der Waals surface area contributed by atoms with E-state index in [0.29, 0.717) is 23.1 Å². The quantitative estimate of drug-likeness (QED) is 0.563. The lowest BCUT2D eigenvalue weighted by molar-refractivity contribution is -0.114. The zero-order valence-corrected chi connectivity index (χ0v) is 12.2. The van der Waals surface area contributed by atoms with Gasteiger partial charge in [-0.05, 0) is 37.1 Å². The second-order valence-corrected chi connectivity index (χ2v) is 8.04. The number of Topliss-reactive ketones (excluding diaryl/α,β-unsaturated/α-hetero) is 1. The summed E-state index contributed by atoms with van der Waals surface area (Å²) in [5.41, 5.74) is 0. The topological polar surface area (TPSA) is 74.3 Å². The Balaban J connectivity index is 0.000000304. The van der Waals surface area contributed by atoms with E-state index in [2.05, 4.69) is 0 Å². The fourth-order valence-electron chi connectivity index (χ4n) is 1.47. The first kappa shape index (κ1) is 16.9. The largest absolute Gasteiger partial charge is 0.748 e. The van der Waals surface area contributed by atoms with Crippen LogP contribution in [0.25, 0.3) is 0 Å². The Hall–Kier alpha value is -0.0700. The zero-order valence-electron chi connectivity index (χ0n) is 10.6. The van der Waals surface area contributed by atoms with Gasteiger partial charge in [0, 0.05) is 5.75 Å². The lowest BCUT2D eigenvalue weighted by atomic mass is 10.4. The third-order valence-electron chi connectivity index (χ3n) is 2.27. The minimum Gasteiger partial charge on any atom is -0.748 e. The number of hydrogen-bond donors (Lipinski definition) is 0. The Labute approximate surface area is 107 Å². The molecule has 1 aliphatic heterocycles. The molecular weight excluding hydrogens is 260 g/mol. The number of carbonyl (C=O) groups excluding carboxylic acids is 1. The van der Waals surface area contributed by atoms with E-state index in [1.807, 2.05) is 6.92 Å². The molecule has 0 amide bonds. The van der Waals surface area contributed by atoms with Gasteiger partial charge in [-0.25, -0.2) is 8.42 Å². The van der Waals surface area contributed by atoms with Gasteiger partial charge in [-0.2, -0.15) is 0 Å². The van der Waals surface area contributed by atoms with E-state index in [4.69, 9.17) is 0 Å². The number of rotatable bonds is 5. The number of hydrogen-bond acceptors (Lipinski definition) is 4. The van der Waals surface area contributed by atoms with E-state index in [1.165, 1.54) is 24.3 Å². The van der Waals surface area contributed by atoms with Crippen molar-refractivity contribution in [3.8, 4) is 0 Å². The van der Waals surface area contributed by atoms with E-state index in [1.54, 1.807) is 6.92 Å². The van der Waals surface area contributed by atoms with Crippen molar-refractivity contribution in [1.82, 2.24) is 0 Å². The van der Waals surface area contributed by atoms with Crippen LogP contribution in [0.5, 0.6) is 0 Å². The third kappa shape index (κ3) is 12.2. The molecular formula is C11H22O4S2. The average molecular weight is 282 g/mol. The summed E-state index contributed by atoms with van der Waals surface area (Å²) in [7, 11) is -3.44. The average Bonchev–Trinajstić information content (AvgIpc) is 2.66. The summed E-state index contributed by atoms with van der Waals surface area (Å²) >= 11 is 0. The second kappa shape index (κ2) is 8.94. The van der Waals surface area contributed by atoms with Crippen molar-refractivity contribution in [3.63, 3.8) is 0 Å². The van der Waals surface area contributed by atoms with Gasteiger partial charge in [0.2, 0.25) is 0 Å². The maximum atomic E-state index is 10.6. The van der Waals surface area contributed by atoms with Crippen LogP contribution in [0, 0.1) is 0 Å². The SMILES string of the molecule is CC(=O)C[S+]1CCCC1.CCCCS(=O)(=O)[O-]. The Bertz CT molecular complexity index is 305. The van der Waals surface area contributed by atoms with Gasteiger partial charge in [0.25, 0.3) is 0 Å². The van der Waals surface area contributed by atoms with Gasteiger partial charge in [-0.15, -0.1) is 0 Å². The van der Waals surface area contributed by atoms with Gasteiger partial charge in [-0.1, -0.05) is 13.3 Å². The summed E-state index contributed by atoms with van der Waals surface area (Å²) in [6.07, 6.45) is 3.94. The predicted octanol–water partition coefficient (Wildman–Crippen LogP) is 1.32. The molecule has 1 heterocycles. The van der Waals surface area contributed by atoms with Crippen LogP contribution in [0.3, 0.4) is 0 Å². The standard InChI is InChI=1S/C7H13OS.C4H10O3S/c1-7(8)6-9-4-2-3-5-9;1-2-3-4-8(5,6)7/h2-6H2,1H3;2-4H2,1H3,(H,5,6,7)/q+1;/p-1. The molecule has 1 aliphatic rings. The Morgan fingerprint density at radius 2 is 1.82 bits per heavy atom. The smallest absolute Gasteiger partial charge is 0.178 e. The molecule has 0 atom stereocenters. The lowest BCUT2D eigenvalue weighted by Crippen LogP contribution is -2.14. The molecule has 0 aliphatic carbocycles. The van der Waals surface area contributed by atoms with E-state index < -0.39 is 10.1 Å². The van der Waals surface area contributed by atoms with Crippen LogP contribution in [-0.2, 0) is 25.8 Å². The molecule has 0 spiro atoms.